The number of rotatable bonds is 2. The summed E-state index contributed by atoms with van der Waals surface area (Å²) in [5, 5.41) is 0.654. The Kier molecular flexibility index (Phi) is 3.70. The van der Waals surface area contributed by atoms with Crippen LogP contribution in [0, 0.1) is 15.2 Å². The maximum atomic E-state index is 13.4. The second-order valence-corrected chi connectivity index (χ2v) is 5.05. The molecular formula is C10H5F2IN2S. The van der Waals surface area contributed by atoms with Crippen molar-refractivity contribution in [3.63, 3.8) is 0 Å². The van der Waals surface area contributed by atoms with Crippen LogP contribution < -0.4 is 0 Å². The molecule has 2 aromatic rings. The van der Waals surface area contributed by atoms with Gasteiger partial charge < -0.3 is 0 Å². The molecule has 0 saturated carbocycles. The minimum atomic E-state index is -0.584. The maximum absolute atomic E-state index is 13.4. The highest BCUT2D eigenvalue weighted by atomic mass is 127. The number of halogens is 3. The number of hydrogen-bond donors (Lipinski definition) is 0. The van der Waals surface area contributed by atoms with Gasteiger partial charge >= 0.3 is 0 Å². The van der Waals surface area contributed by atoms with Crippen molar-refractivity contribution in [2.24, 2.45) is 0 Å². The van der Waals surface area contributed by atoms with Crippen molar-refractivity contribution in [3.8, 4) is 0 Å². The minimum Gasteiger partial charge on any atom is -0.244 e. The van der Waals surface area contributed by atoms with E-state index in [0.29, 0.717) is 9.92 Å². The van der Waals surface area contributed by atoms with Gasteiger partial charge in [0.05, 0.1) is 3.57 Å². The summed E-state index contributed by atoms with van der Waals surface area (Å²) in [7, 11) is 0. The van der Waals surface area contributed by atoms with E-state index in [9.17, 15) is 8.78 Å². The average molecular weight is 350 g/mol. The van der Waals surface area contributed by atoms with Gasteiger partial charge in [-0.2, -0.15) is 0 Å². The smallest absolute Gasteiger partial charge is 0.140 e. The minimum absolute atomic E-state index is 0.345. The number of benzene rings is 1. The molecule has 6 heteroatoms. The molecule has 0 spiro atoms. The van der Waals surface area contributed by atoms with Crippen LogP contribution in [0.3, 0.4) is 0 Å². The Bertz CT molecular complexity index is 522. The van der Waals surface area contributed by atoms with Crippen molar-refractivity contribution < 1.29 is 8.78 Å². The van der Waals surface area contributed by atoms with E-state index >= 15 is 0 Å². The first kappa shape index (κ1) is 11.7. The third-order valence-corrected chi connectivity index (χ3v) is 3.96. The highest BCUT2D eigenvalue weighted by molar-refractivity contribution is 14.1. The molecule has 0 atom stereocenters. The molecule has 0 saturated heterocycles. The summed E-state index contributed by atoms with van der Waals surface area (Å²) in [6.45, 7) is 0. The van der Waals surface area contributed by atoms with E-state index in [1.807, 2.05) is 0 Å². The van der Waals surface area contributed by atoms with Gasteiger partial charge in [-0.25, -0.2) is 18.7 Å². The van der Waals surface area contributed by atoms with Gasteiger partial charge in [-0.05, 0) is 34.7 Å². The predicted octanol–water partition coefficient (Wildman–Crippen LogP) is 3.51. The summed E-state index contributed by atoms with van der Waals surface area (Å²) in [6.07, 6.45) is 3.03. The molecule has 2 rings (SSSR count). The van der Waals surface area contributed by atoms with Crippen LogP contribution in [-0.2, 0) is 0 Å². The molecular weight excluding hydrogens is 345 g/mol. The fraction of sp³-hybridized carbons (Fsp3) is 0. The summed E-state index contributed by atoms with van der Waals surface area (Å²) in [6, 6.07) is 3.48. The summed E-state index contributed by atoms with van der Waals surface area (Å²) >= 11 is 3.21. The van der Waals surface area contributed by atoms with E-state index in [0.717, 1.165) is 21.4 Å². The van der Waals surface area contributed by atoms with Gasteiger partial charge in [0, 0.05) is 17.2 Å². The van der Waals surface area contributed by atoms with Crippen molar-refractivity contribution in [2.45, 2.75) is 9.92 Å². The van der Waals surface area contributed by atoms with E-state index in [1.54, 1.807) is 6.20 Å². The van der Waals surface area contributed by atoms with Gasteiger partial charge in [0.15, 0.2) is 0 Å². The monoisotopic (exact) mass is 350 g/mol. The average Bonchev–Trinajstić information content (AvgIpc) is 2.25. The normalized spacial score (nSPS) is 10.4. The zero-order chi connectivity index (χ0) is 11.5. The Morgan fingerprint density at radius 2 is 2.06 bits per heavy atom. The van der Waals surface area contributed by atoms with Gasteiger partial charge in [-0.1, -0.05) is 11.8 Å². The Hall–Kier alpha value is -0.760. The Morgan fingerprint density at radius 1 is 1.25 bits per heavy atom. The van der Waals surface area contributed by atoms with E-state index in [1.165, 1.54) is 18.5 Å². The molecule has 82 valence electrons. The molecule has 0 bridgehead atoms. The Balaban J connectivity index is 2.31. The van der Waals surface area contributed by atoms with E-state index in [2.05, 4.69) is 32.6 Å². The molecule has 0 amide bonds. The third kappa shape index (κ3) is 2.67. The van der Waals surface area contributed by atoms with Crippen molar-refractivity contribution in [2.75, 3.05) is 0 Å². The lowest BCUT2D eigenvalue weighted by Gasteiger charge is -2.03. The molecule has 0 radical (unpaired) electrons. The second-order valence-electron chi connectivity index (χ2n) is 2.85. The largest absolute Gasteiger partial charge is 0.244 e. The lowest BCUT2D eigenvalue weighted by atomic mass is 10.3. The van der Waals surface area contributed by atoms with Crippen molar-refractivity contribution in [3.05, 3.63) is 45.9 Å². The van der Waals surface area contributed by atoms with Crippen LogP contribution in [0.25, 0.3) is 0 Å². The van der Waals surface area contributed by atoms with Gasteiger partial charge in [-0.3, -0.25) is 0 Å². The van der Waals surface area contributed by atoms with Crippen LogP contribution in [-0.4, -0.2) is 9.97 Å². The van der Waals surface area contributed by atoms with Crippen molar-refractivity contribution in [1.29, 1.82) is 0 Å². The highest BCUT2D eigenvalue weighted by Crippen LogP contribution is 2.30. The van der Waals surface area contributed by atoms with Crippen molar-refractivity contribution in [1.82, 2.24) is 9.97 Å². The first-order valence-electron chi connectivity index (χ1n) is 4.25. The van der Waals surface area contributed by atoms with Crippen LogP contribution >= 0.6 is 34.4 Å². The summed E-state index contributed by atoms with van der Waals surface area (Å²) in [5.41, 5.74) is 0. The van der Waals surface area contributed by atoms with Gasteiger partial charge in [0.1, 0.15) is 23.0 Å². The number of aromatic nitrogens is 2. The summed E-state index contributed by atoms with van der Waals surface area (Å²) < 4.78 is 26.9. The van der Waals surface area contributed by atoms with Gasteiger partial charge in [0.2, 0.25) is 0 Å². The van der Waals surface area contributed by atoms with Gasteiger partial charge in [-0.15, -0.1) is 0 Å². The van der Waals surface area contributed by atoms with Crippen LogP contribution in [0.2, 0.25) is 0 Å². The van der Waals surface area contributed by atoms with Crippen LogP contribution in [0.4, 0.5) is 8.78 Å². The molecule has 0 aliphatic carbocycles. The first-order chi connectivity index (χ1) is 7.66. The zero-order valence-electron chi connectivity index (χ0n) is 7.82. The number of nitrogens with zero attached hydrogens (tertiary/aromatic N) is 2. The molecule has 1 heterocycles. The van der Waals surface area contributed by atoms with Crippen molar-refractivity contribution >= 4 is 34.4 Å². The highest BCUT2D eigenvalue weighted by Gasteiger charge is 2.08. The summed E-state index contributed by atoms with van der Waals surface area (Å²) in [5.74, 6) is -1.17. The van der Waals surface area contributed by atoms with Crippen LogP contribution in [0.15, 0.2) is 40.6 Å². The Morgan fingerprint density at radius 3 is 2.75 bits per heavy atom. The SMILES string of the molecule is Fc1ccc(Sc2ncncc2I)c(F)c1. The molecule has 1 aromatic carbocycles. The van der Waals surface area contributed by atoms with Gasteiger partial charge in [0.25, 0.3) is 0 Å². The maximum Gasteiger partial charge on any atom is 0.140 e. The lowest BCUT2D eigenvalue weighted by Crippen LogP contribution is -1.89. The third-order valence-electron chi connectivity index (χ3n) is 1.73. The van der Waals surface area contributed by atoms with E-state index in [4.69, 9.17) is 0 Å². The fourth-order valence-corrected chi connectivity index (χ4v) is 2.42. The first-order valence-corrected chi connectivity index (χ1v) is 6.15. The molecule has 2 nitrogen and oxygen atoms in total. The number of hydrogen-bond acceptors (Lipinski definition) is 3. The van der Waals surface area contributed by atoms with E-state index in [-0.39, 0.29) is 0 Å². The summed E-state index contributed by atoms with van der Waals surface area (Å²) in [4.78, 5) is 8.20. The molecule has 1 aromatic heterocycles. The molecule has 16 heavy (non-hydrogen) atoms. The fourth-order valence-electron chi connectivity index (χ4n) is 1.04. The molecule has 0 N–H and O–H groups in total. The van der Waals surface area contributed by atoms with Crippen LogP contribution in [0.5, 0.6) is 0 Å². The standard InChI is InChI=1S/C10H5F2IN2S/c11-6-1-2-9(7(12)3-6)16-10-8(13)4-14-5-15-10/h1-5H. The van der Waals surface area contributed by atoms with E-state index < -0.39 is 11.6 Å². The molecule has 0 aliphatic rings. The zero-order valence-corrected chi connectivity index (χ0v) is 10.8. The van der Waals surface area contributed by atoms with Crippen LogP contribution in [0.1, 0.15) is 0 Å². The quantitative estimate of drug-likeness (QED) is 0.612. The lowest BCUT2D eigenvalue weighted by molar-refractivity contribution is 0.565. The molecule has 0 unspecified atom stereocenters. The second kappa shape index (κ2) is 5.05. The Labute approximate surface area is 109 Å². The topological polar surface area (TPSA) is 25.8 Å². The molecule has 0 fully saturated rings. The molecule has 0 aliphatic heterocycles. The predicted molar refractivity (Wildman–Crippen MR) is 65.2 cm³/mol.